The molecule has 0 fully saturated rings. The van der Waals surface area contributed by atoms with Gasteiger partial charge in [-0.1, -0.05) is 6.07 Å². The highest BCUT2D eigenvalue weighted by atomic mass is 79.9. The predicted molar refractivity (Wildman–Crippen MR) is 94.7 cm³/mol. The minimum Gasteiger partial charge on any atom is -0.363 e. The molecule has 0 amide bonds. The standard InChI is InChI=1S/C14H15BrClN5S/c1-8(17)5-9-6-11-13(18-7-10-3-2-4-22-10)19-14(16)20-21(11)12(9)15/h2-4,6,8H,5,7,17H2,1H3,(H,18,19,20)/t8-/m0/s1. The monoisotopic (exact) mass is 399 g/mol. The van der Waals surface area contributed by atoms with E-state index in [1.165, 1.54) is 4.88 Å². The maximum atomic E-state index is 6.05. The van der Waals surface area contributed by atoms with E-state index in [1.54, 1.807) is 15.9 Å². The van der Waals surface area contributed by atoms with E-state index in [-0.39, 0.29) is 11.3 Å². The Balaban J connectivity index is 1.98. The highest BCUT2D eigenvalue weighted by molar-refractivity contribution is 9.10. The normalized spacial score (nSPS) is 12.7. The molecule has 3 heterocycles. The van der Waals surface area contributed by atoms with E-state index in [0.717, 1.165) is 22.1 Å². The maximum Gasteiger partial charge on any atom is 0.243 e. The minimum atomic E-state index is 0.0691. The zero-order valence-corrected chi connectivity index (χ0v) is 15.0. The van der Waals surface area contributed by atoms with Gasteiger partial charge in [0.15, 0.2) is 5.82 Å². The molecule has 22 heavy (non-hydrogen) atoms. The van der Waals surface area contributed by atoms with Crippen molar-refractivity contribution < 1.29 is 0 Å². The number of anilines is 1. The Morgan fingerprint density at radius 2 is 2.36 bits per heavy atom. The number of thiophene rings is 1. The van der Waals surface area contributed by atoms with Gasteiger partial charge in [0.2, 0.25) is 5.28 Å². The van der Waals surface area contributed by atoms with Crippen LogP contribution in [-0.2, 0) is 13.0 Å². The van der Waals surface area contributed by atoms with Crippen LogP contribution >= 0.6 is 38.9 Å². The SMILES string of the molecule is C[C@H](N)Cc1cc2c(NCc3cccs3)nc(Cl)nn2c1Br. The van der Waals surface area contributed by atoms with Crippen LogP contribution in [0.3, 0.4) is 0 Å². The zero-order valence-electron chi connectivity index (χ0n) is 11.9. The molecule has 0 bridgehead atoms. The number of fused-ring (bicyclic) bond motifs is 1. The van der Waals surface area contributed by atoms with Crippen LogP contribution in [0.4, 0.5) is 5.82 Å². The number of nitrogens with two attached hydrogens (primary N) is 1. The molecule has 0 aliphatic carbocycles. The van der Waals surface area contributed by atoms with E-state index < -0.39 is 0 Å². The van der Waals surface area contributed by atoms with E-state index in [9.17, 15) is 0 Å². The average Bonchev–Trinajstić information content (AvgIpc) is 3.07. The number of hydrogen-bond acceptors (Lipinski definition) is 5. The van der Waals surface area contributed by atoms with Crippen molar-refractivity contribution in [1.29, 1.82) is 0 Å². The molecule has 3 N–H and O–H groups in total. The van der Waals surface area contributed by atoms with Gasteiger partial charge in [0.05, 0.1) is 6.54 Å². The van der Waals surface area contributed by atoms with Gasteiger partial charge in [0.1, 0.15) is 10.1 Å². The van der Waals surface area contributed by atoms with Crippen LogP contribution in [0.1, 0.15) is 17.4 Å². The van der Waals surface area contributed by atoms with Crippen LogP contribution in [0, 0.1) is 0 Å². The minimum absolute atomic E-state index is 0.0691. The maximum absolute atomic E-state index is 6.05. The second kappa shape index (κ2) is 6.54. The molecule has 0 spiro atoms. The van der Waals surface area contributed by atoms with Gasteiger partial charge in [-0.3, -0.25) is 0 Å². The predicted octanol–water partition coefficient (Wildman–Crippen LogP) is 3.71. The van der Waals surface area contributed by atoms with Gasteiger partial charge < -0.3 is 11.1 Å². The van der Waals surface area contributed by atoms with Crippen molar-refractivity contribution in [1.82, 2.24) is 14.6 Å². The number of nitrogens with one attached hydrogen (secondary N) is 1. The molecule has 0 radical (unpaired) electrons. The highest BCUT2D eigenvalue weighted by Gasteiger charge is 2.15. The molecule has 3 aromatic heterocycles. The second-order valence-corrected chi connectivity index (χ2v) is 7.22. The Bertz CT molecular complexity index is 784. The lowest BCUT2D eigenvalue weighted by Crippen LogP contribution is -2.17. The summed E-state index contributed by atoms with van der Waals surface area (Å²) in [7, 11) is 0. The van der Waals surface area contributed by atoms with Crippen molar-refractivity contribution in [3.63, 3.8) is 0 Å². The van der Waals surface area contributed by atoms with Crippen LogP contribution in [0.2, 0.25) is 5.28 Å². The van der Waals surface area contributed by atoms with Gasteiger partial charge in [0, 0.05) is 10.9 Å². The van der Waals surface area contributed by atoms with Gasteiger partial charge in [-0.2, -0.15) is 4.98 Å². The fourth-order valence-corrected chi connectivity index (χ4v) is 3.60. The molecule has 0 aromatic carbocycles. The first-order valence-electron chi connectivity index (χ1n) is 6.80. The van der Waals surface area contributed by atoms with Crippen molar-refractivity contribution in [2.24, 2.45) is 5.73 Å². The smallest absolute Gasteiger partial charge is 0.243 e. The summed E-state index contributed by atoms with van der Waals surface area (Å²) in [6, 6.07) is 6.21. The van der Waals surface area contributed by atoms with Crippen molar-refractivity contribution in [2.75, 3.05) is 5.32 Å². The number of hydrogen-bond donors (Lipinski definition) is 2. The van der Waals surface area contributed by atoms with Crippen LogP contribution < -0.4 is 11.1 Å². The van der Waals surface area contributed by atoms with Crippen LogP contribution in [-0.4, -0.2) is 20.6 Å². The third-order valence-electron chi connectivity index (χ3n) is 3.17. The largest absolute Gasteiger partial charge is 0.363 e. The molecular formula is C14H15BrClN5S. The summed E-state index contributed by atoms with van der Waals surface area (Å²) in [4.78, 5) is 5.54. The fraction of sp³-hybridized carbons (Fsp3) is 0.286. The number of halogens is 2. The molecule has 116 valence electrons. The first-order chi connectivity index (χ1) is 10.5. The quantitative estimate of drug-likeness (QED) is 0.685. The van der Waals surface area contributed by atoms with Crippen molar-refractivity contribution in [3.8, 4) is 0 Å². The summed E-state index contributed by atoms with van der Waals surface area (Å²) in [5.74, 6) is 0.713. The Labute approximate surface area is 145 Å². The van der Waals surface area contributed by atoms with Gasteiger partial charge in [-0.25, -0.2) is 4.52 Å². The second-order valence-electron chi connectivity index (χ2n) is 5.10. The molecule has 3 aromatic rings. The molecule has 0 unspecified atom stereocenters. The first-order valence-corrected chi connectivity index (χ1v) is 8.85. The van der Waals surface area contributed by atoms with E-state index in [1.807, 2.05) is 24.4 Å². The number of rotatable bonds is 5. The Morgan fingerprint density at radius 1 is 1.55 bits per heavy atom. The van der Waals surface area contributed by atoms with E-state index in [2.05, 4.69) is 37.4 Å². The lowest BCUT2D eigenvalue weighted by Gasteiger charge is -2.06. The Morgan fingerprint density at radius 3 is 3.05 bits per heavy atom. The lowest BCUT2D eigenvalue weighted by molar-refractivity contribution is 0.732. The fourth-order valence-electron chi connectivity index (χ4n) is 2.25. The Kier molecular flexibility index (Phi) is 4.67. The highest BCUT2D eigenvalue weighted by Crippen LogP contribution is 2.27. The molecule has 3 rings (SSSR count). The average molecular weight is 401 g/mol. The zero-order chi connectivity index (χ0) is 15.7. The number of aromatic nitrogens is 3. The topological polar surface area (TPSA) is 68.2 Å². The summed E-state index contributed by atoms with van der Waals surface area (Å²) >= 11 is 11.3. The summed E-state index contributed by atoms with van der Waals surface area (Å²) in [6.07, 6.45) is 0.756. The van der Waals surface area contributed by atoms with E-state index in [0.29, 0.717) is 12.4 Å². The van der Waals surface area contributed by atoms with Crippen molar-refractivity contribution >= 4 is 50.2 Å². The van der Waals surface area contributed by atoms with Crippen LogP contribution in [0.5, 0.6) is 0 Å². The van der Waals surface area contributed by atoms with Gasteiger partial charge >= 0.3 is 0 Å². The van der Waals surface area contributed by atoms with Crippen molar-refractivity contribution in [3.05, 3.63) is 43.9 Å². The molecule has 8 heteroatoms. The van der Waals surface area contributed by atoms with Gasteiger partial charge in [-0.15, -0.1) is 16.4 Å². The summed E-state index contributed by atoms with van der Waals surface area (Å²) in [6.45, 7) is 2.68. The molecule has 0 aliphatic heterocycles. The molecule has 1 atom stereocenters. The first kappa shape index (κ1) is 15.7. The van der Waals surface area contributed by atoms with Crippen molar-refractivity contribution in [2.45, 2.75) is 25.9 Å². The Hall–Kier alpha value is -1.15. The van der Waals surface area contributed by atoms with Crippen LogP contribution in [0.25, 0.3) is 5.52 Å². The summed E-state index contributed by atoms with van der Waals surface area (Å²) in [5.41, 5.74) is 7.87. The number of nitrogens with zero attached hydrogens (tertiary/aromatic N) is 3. The molecule has 5 nitrogen and oxygen atoms in total. The lowest BCUT2D eigenvalue weighted by atomic mass is 10.1. The summed E-state index contributed by atoms with van der Waals surface area (Å²) in [5, 5.41) is 9.83. The molecule has 0 aliphatic rings. The third-order valence-corrected chi connectivity index (χ3v) is 5.05. The molecule has 0 saturated carbocycles. The van der Waals surface area contributed by atoms with E-state index in [4.69, 9.17) is 17.3 Å². The van der Waals surface area contributed by atoms with Gasteiger partial charge in [0.25, 0.3) is 0 Å². The van der Waals surface area contributed by atoms with E-state index >= 15 is 0 Å². The van der Waals surface area contributed by atoms with Gasteiger partial charge in [-0.05, 0) is 64.0 Å². The summed E-state index contributed by atoms with van der Waals surface area (Å²) < 4.78 is 2.62. The molecule has 0 saturated heterocycles. The molecular weight excluding hydrogens is 386 g/mol. The van der Waals surface area contributed by atoms with Crippen LogP contribution in [0.15, 0.2) is 28.2 Å². The third kappa shape index (κ3) is 3.27.